The Balaban J connectivity index is 1.43. The zero-order valence-corrected chi connectivity index (χ0v) is 14.0. The first-order chi connectivity index (χ1) is 11.3. The molecule has 0 N–H and O–H groups in total. The van der Waals surface area contributed by atoms with Crippen LogP contribution in [0.3, 0.4) is 0 Å². The van der Waals surface area contributed by atoms with Gasteiger partial charge < -0.3 is 9.64 Å². The minimum absolute atomic E-state index is 0.206. The Morgan fingerprint density at radius 2 is 1.87 bits per heavy atom. The summed E-state index contributed by atoms with van der Waals surface area (Å²) >= 11 is 0. The second kappa shape index (κ2) is 8.46. The van der Waals surface area contributed by atoms with E-state index >= 15 is 0 Å². The zero-order chi connectivity index (χ0) is 15.9. The molecular weight excluding hydrogens is 288 g/mol. The molecule has 1 aromatic carbocycles. The molecule has 2 heterocycles. The lowest BCUT2D eigenvalue weighted by Crippen LogP contribution is -2.52. The van der Waals surface area contributed by atoms with Crippen LogP contribution in [0.1, 0.15) is 31.2 Å². The number of nitrogens with zero attached hydrogens (tertiary/aromatic N) is 2. The van der Waals surface area contributed by atoms with Gasteiger partial charge in [0.05, 0.1) is 6.61 Å². The highest BCUT2D eigenvalue weighted by molar-refractivity contribution is 5.81. The Bertz CT molecular complexity index is 485. The van der Waals surface area contributed by atoms with E-state index in [9.17, 15) is 4.79 Å². The van der Waals surface area contributed by atoms with Crippen molar-refractivity contribution in [1.82, 2.24) is 9.80 Å². The lowest BCUT2D eigenvalue weighted by atomic mass is 10.1. The van der Waals surface area contributed by atoms with E-state index in [-0.39, 0.29) is 12.0 Å². The minimum Gasteiger partial charge on any atom is -0.366 e. The number of hydrogen-bond donors (Lipinski definition) is 0. The monoisotopic (exact) mass is 316 g/mol. The average molecular weight is 316 g/mol. The number of aryl methyl sites for hydroxylation is 1. The van der Waals surface area contributed by atoms with Crippen LogP contribution in [0.15, 0.2) is 30.3 Å². The molecule has 1 aromatic rings. The SMILES string of the molecule is O=C(C1CN(CCCc2ccccc2)CCO1)N1CCCCC1. The fraction of sp³-hybridized carbons (Fsp3) is 0.632. The quantitative estimate of drug-likeness (QED) is 0.836. The lowest BCUT2D eigenvalue weighted by Gasteiger charge is -2.36. The molecule has 2 aliphatic heterocycles. The van der Waals surface area contributed by atoms with Gasteiger partial charge in [0, 0.05) is 26.2 Å². The maximum atomic E-state index is 12.6. The van der Waals surface area contributed by atoms with Gasteiger partial charge in [-0.2, -0.15) is 0 Å². The van der Waals surface area contributed by atoms with E-state index in [0.29, 0.717) is 6.61 Å². The molecule has 3 rings (SSSR count). The molecule has 0 aliphatic carbocycles. The third kappa shape index (κ3) is 4.79. The second-order valence-corrected chi connectivity index (χ2v) is 6.64. The third-order valence-corrected chi connectivity index (χ3v) is 4.88. The molecule has 0 spiro atoms. The van der Waals surface area contributed by atoms with Crippen LogP contribution < -0.4 is 0 Å². The molecule has 0 aromatic heterocycles. The summed E-state index contributed by atoms with van der Waals surface area (Å²) in [7, 11) is 0. The van der Waals surface area contributed by atoms with Gasteiger partial charge in [0.25, 0.3) is 5.91 Å². The molecule has 1 unspecified atom stereocenters. The van der Waals surface area contributed by atoms with Gasteiger partial charge in [-0.25, -0.2) is 0 Å². The van der Waals surface area contributed by atoms with Crippen molar-refractivity contribution in [3.63, 3.8) is 0 Å². The average Bonchev–Trinajstić information content (AvgIpc) is 2.63. The van der Waals surface area contributed by atoms with Gasteiger partial charge >= 0.3 is 0 Å². The number of amides is 1. The van der Waals surface area contributed by atoms with E-state index in [0.717, 1.165) is 58.4 Å². The molecule has 126 valence electrons. The number of benzene rings is 1. The predicted octanol–water partition coefficient (Wildman–Crippen LogP) is 2.33. The van der Waals surface area contributed by atoms with E-state index in [2.05, 4.69) is 35.2 Å². The lowest BCUT2D eigenvalue weighted by molar-refractivity contribution is -0.150. The van der Waals surface area contributed by atoms with E-state index in [1.54, 1.807) is 0 Å². The maximum Gasteiger partial charge on any atom is 0.253 e. The van der Waals surface area contributed by atoms with Gasteiger partial charge in [0.1, 0.15) is 6.10 Å². The Labute approximate surface area is 139 Å². The normalized spacial score (nSPS) is 23.0. The summed E-state index contributed by atoms with van der Waals surface area (Å²) in [5.41, 5.74) is 1.39. The Morgan fingerprint density at radius 3 is 2.65 bits per heavy atom. The molecule has 2 saturated heterocycles. The fourth-order valence-corrected chi connectivity index (χ4v) is 3.52. The van der Waals surface area contributed by atoms with Crippen LogP contribution in [0.2, 0.25) is 0 Å². The van der Waals surface area contributed by atoms with Crippen molar-refractivity contribution in [3.05, 3.63) is 35.9 Å². The van der Waals surface area contributed by atoms with Crippen molar-refractivity contribution < 1.29 is 9.53 Å². The van der Waals surface area contributed by atoms with Crippen molar-refractivity contribution >= 4 is 5.91 Å². The molecule has 23 heavy (non-hydrogen) atoms. The molecular formula is C19H28N2O2. The summed E-state index contributed by atoms with van der Waals surface area (Å²) in [5, 5.41) is 0. The van der Waals surface area contributed by atoms with Gasteiger partial charge in [-0.3, -0.25) is 9.69 Å². The van der Waals surface area contributed by atoms with Crippen LogP contribution in [0.4, 0.5) is 0 Å². The number of likely N-dealkylation sites (tertiary alicyclic amines) is 1. The highest BCUT2D eigenvalue weighted by atomic mass is 16.5. The highest BCUT2D eigenvalue weighted by Gasteiger charge is 2.30. The van der Waals surface area contributed by atoms with E-state index < -0.39 is 0 Å². The van der Waals surface area contributed by atoms with Crippen LogP contribution in [0.5, 0.6) is 0 Å². The smallest absolute Gasteiger partial charge is 0.253 e. The summed E-state index contributed by atoms with van der Waals surface area (Å²) in [5.74, 6) is 0.206. The molecule has 2 fully saturated rings. The predicted molar refractivity (Wildman–Crippen MR) is 91.4 cm³/mol. The minimum atomic E-state index is -0.251. The van der Waals surface area contributed by atoms with Crippen molar-refractivity contribution in [3.8, 4) is 0 Å². The maximum absolute atomic E-state index is 12.6. The fourth-order valence-electron chi connectivity index (χ4n) is 3.52. The van der Waals surface area contributed by atoms with Gasteiger partial charge in [-0.05, 0) is 44.2 Å². The number of morpholine rings is 1. The van der Waals surface area contributed by atoms with Crippen LogP contribution in [0, 0.1) is 0 Å². The van der Waals surface area contributed by atoms with Crippen LogP contribution in [0.25, 0.3) is 0 Å². The summed E-state index contributed by atoms with van der Waals surface area (Å²) in [4.78, 5) is 17.0. The van der Waals surface area contributed by atoms with Crippen LogP contribution in [-0.4, -0.2) is 61.1 Å². The molecule has 1 atom stereocenters. The van der Waals surface area contributed by atoms with E-state index in [4.69, 9.17) is 4.74 Å². The van der Waals surface area contributed by atoms with Crippen molar-refractivity contribution in [2.75, 3.05) is 39.3 Å². The summed E-state index contributed by atoms with van der Waals surface area (Å²) < 4.78 is 5.75. The van der Waals surface area contributed by atoms with Gasteiger partial charge in [-0.1, -0.05) is 30.3 Å². The summed E-state index contributed by atoms with van der Waals surface area (Å²) in [6.07, 6.45) is 5.51. The number of carbonyl (C=O) groups is 1. The highest BCUT2D eigenvalue weighted by Crippen LogP contribution is 2.14. The Morgan fingerprint density at radius 1 is 1.09 bits per heavy atom. The van der Waals surface area contributed by atoms with Gasteiger partial charge in [-0.15, -0.1) is 0 Å². The molecule has 2 aliphatic rings. The Hall–Kier alpha value is -1.39. The van der Waals surface area contributed by atoms with Gasteiger partial charge in [0.15, 0.2) is 0 Å². The van der Waals surface area contributed by atoms with Gasteiger partial charge in [0.2, 0.25) is 0 Å². The molecule has 1 amide bonds. The largest absolute Gasteiger partial charge is 0.366 e. The van der Waals surface area contributed by atoms with E-state index in [1.807, 2.05) is 4.90 Å². The van der Waals surface area contributed by atoms with Crippen LogP contribution >= 0.6 is 0 Å². The van der Waals surface area contributed by atoms with Crippen molar-refractivity contribution in [2.45, 2.75) is 38.2 Å². The number of piperidine rings is 1. The first-order valence-corrected chi connectivity index (χ1v) is 8.99. The standard InChI is InChI=1S/C19H28N2O2/c22-19(21-12-5-2-6-13-21)18-16-20(14-15-23-18)11-7-10-17-8-3-1-4-9-17/h1,3-4,8-9,18H,2,5-7,10-16H2. The number of hydrogen-bond acceptors (Lipinski definition) is 3. The number of rotatable bonds is 5. The first kappa shape index (κ1) is 16.5. The number of ether oxygens (including phenoxy) is 1. The molecule has 0 bridgehead atoms. The third-order valence-electron chi connectivity index (χ3n) is 4.88. The first-order valence-electron chi connectivity index (χ1n) is 8.99. The summed E-state index contributed by atoms with van der Waals surface area (Å²) in [6.45, 7) is 5.24. The molecule has 0 saturated carbocycles. The second-order valence-electron chi connectivity index (χ2n) is 6.64. The molecule has 4 heteroatoms. The molecule has 0 radical (unpaired) electrons. The summed E-state index contributed by atoms with van der Waals surface area (Å²) in [6, 6.07) is 10.6. The van der Waals surface area contributed by atoms with Crippen molar-refractivity contribution in [2.24, 2.45) is 0 Å². The van der Waals surface area contributed by atoms with Crippen molar-refractivity contribution in [1.29, 1.82) is 0 Å². The topological polar surface area (TPSA) is 32.8 Å². The zero-order valence-electron chi connectivity index (χ0n) is 14.0. The van der Waals surface area contributed by atoms with E-state index in [1.165, 1.54) is 12.0 Å². The molecule has 4 nitrogen and oxygen atoms in total. The van der Waals surface area contributed by atoms with Crippen LogP contribution in [-0.2, 0) is 16.0 Å². The number of carbonyl (C=O) groups excluding carboxylic acids is 1. The Kier molecular flexibility index (Phi) is 6.06.